The van der Waals surface area contributed by atoms with Gasteiger partial charge >= 0.3 is 5.69 Å². The van der Waals surface area contributed by atoms with Crippen molar-refractivity contribution in [1.29, 1.82) is 0 Å². The number of amides is 1. The third-order valence-electron chi connectivity index (χ3n) is 4.70. The summed E-state index contributed by atoms with van der Waals surface area (Å²) < 4.78 is 2.73. The average molecular weight is 373 g/mol. The maximum absolute atomic E-state index is 13.0. The summed E-state index contributed by atoms with van der Waals surface area (Å²) in [6.07, 6.45) is 2.48. The fraction of sp³-hybridized carbons (Fsp3) is 0.571. The Morgan fingerprint density at radius 3 is 2.26 bits per heavy atom. The lowest BCUT2D eigenvalue weighted by Crippen LogP contribution is -2.44. The minimum atomic E-state index is -0.402. The van der Waals surface area contributed by atoms with Crippen molar-refractivity contribution in [2.75, 3.05) is 13.1 Å². The third kappa shape index (κ3) is 4.87. The van der Waals surface area contributed by atoms with Crippen LogP contribution in [0.4, 0.5) is 0 Å². The van der Waals surface area contributed by atoms with E-state index in [-0.39, 0.29) is 18.0 Å². The Labute approximate surface area is 160 Å². The van der Waals surface area contributed by atoms with Crippen LogP contribution in [0.25, 0.3) is 10.9 Å². The molecular formula is C21H31N3O3. The first-order valence-electron chi connectivity index (χ1n) is 9.90. The summed E-state index contributed by atoms with van der Waals surface area (Å²) in [5.74, 6) is 0.294. The van der Waals surface area contributed by atoms with Crippen LogP contribution in [-0.4, -0.2) is 33.0 Å². The number of carbonyl (C=O) groups is 1. The largest absolute Gasteiger partial charge is 0.341 e. The third-order valence-corrected chi connectivity index (χ3v) is 4.70. The Balaban J connectivity index is 2.52. The molecule has 27 heavy (non-hydrogen) atoms. The standard InChI is InChI=1S/C21H31N3O3/c1-5-12-22(13-6-2)19(25)15-24-18-10-8-7-9-17(18)20(26)23(21(24)27)14-11-16(3)4/h7-10,16H,5-6,11-15H2,1-4H3. The van der Waals surface area contributed by atoms with Crippen molar-refractivity contribution >= 4 is 16.8 Å². The first-order valence-corrected chi connectivity index (χ1v) is 9.90. The molecule has 2 aromatic rings. The number of fused-ring (bicyclic) bond motifs is 1. The fourth-order valence-corrected chi connectivity index (χ4v) is 3.24. The minimum Gasteiger partial charge on any atom is -0.341 e. The maximum atomic E-state index is 13.0. The number of para-hydroxylation sites is 1. The van der Waals surface area contributed by atoms with Gasteiger partial charge in [-0.05, 0) is 37.3 Å². The summed E-state index contributed by atoms with van der Waals surface area (Å²) in [4.78, 5) is 40.5. The number of carbonyl (C=O) groups excluding carboxylic acids is 1. The molecule has 0 aliphatic carbocycles. The molecule has 0 saturated carbocycles. The van der Waals surface area contributed by atoms with Crippen LogP contribution in [0.2, 0.25) is 0 Å². The maximum Gasteiger partial charge on any atom is 0.331 e. The van der Waals surface area contributed by atoms with Crippen LogP contribution < -0.4 is 11.2 Å². The van der Waals surface area contributed by atoms with Crippen molar-refractivity contribution in [3.05, 3.63) is 45.1 Å². The van der Waals surface area contributed by atoms with E-state index >= 15 is 0 Å². The summed E-state index contributed by atoms with van der Waals surface area (Å²) in [5.41, 5.74) is -0.158. The Bertz CT molecular complexity index is 890. The number of nitrogens with zero attached hydrogens (tertiary/aromatic N) is 3. The lowest BCUT2D eigenvalue weighted by atomic mass is 10.1. The molecule has 0 N–H and O–H groups in total. The molecule has 0 aliphatic heterocycles. The van der Waals surface area contributed by atoms with Gasteiger partial charge in [-0.2, -0.15) is 0 Å². The lowest BCUT2D eigenvalue weighted by molar-refractivity contribution is -0.131. The molecule has 0 aliphatic rings. The second-order valence-corrected chi connectivity index (χ2v) is 7.41. The first kappa shape index (κ1) is 20.9. The highest BCUT2D eigenvalue weighted by molar-refractivity contribution is 5.81. The van der Waals surface area contributed by atoms with Crippen molar-refractivity contribution < 1.29 is 4.79 Å². The van der Waals surface area contributed by atoms with Gasteiger partial charge in [-0.25, -0.2) is 4.79 Å². The molecule has 0 unspecified atom stereocenters. The molecule has 0 radical (unpaired) electrons. The monoisotopic (exact) mass is 373 g/mol. The molecule has 0 atom stereocenters. The van der Waals surface area contributed by atoms with E-state index in [2.05, 4.69) is 13.8 Å². The summed E-state index contributed by atoms with van der Waals surface area (Å²) in [5, 5.41) is 0.478. The molecule has 6 nitrogen and oxygen atoms in total. The highest BCUT2D eigenvalue weighted by Gasteiger charge is 2.18. The number of rotatable bonds is 9. The van der Waals surface area contributed by atoms with E-state index in [1.165, 1.54) is 9.13 Å². The van der Waals surface area contributed by atoms with Crippen LogP contribution in [0.1, 0.15) is 47.0 Å². The zero-order valence-electron chi connectivity index (χ0n) is 16.9. The summed E-state index contributed by atoms with van der Waals surface area (Å²) in [7, 11) is 0. The van der Waals surface area contributed by atoms with E-state index < -0.39 is 5.69 Å². The molecule has 1 aromatic heterocycles. The smallest absolute Gasteiger partial charge is 0.331 e. The molecule has 1 heterocycles. The molecular weight excluding hydrogens is 342 g/mol. The van der Waals surface area contributed by atoms with Crippen LogP contribution in [-0.2, 0) is 17.9 Å². The van der Waals surface area contributed by atoms with Crippen LogP contribution in [0.3, 0.4) is 0 Å². The lowest BCUT2D eigenvalue weighted by Gasteiger charge is -2.23. The molecule has 0 saturated heterocycles. The van der Waals surface area contributed by atoms with Crippen LogP contribution in [0.15, 0.2) is 33.9 Å². The van der Waals surface area contributed by atoms with Gasteiger partial charge in [0.25, 0.3) is 5.56 Å². The van der Waals surface area contributed by atoms with Gasteiger partial charge in [0.1, 0.15) is 6.54 Å². The van der Waals surface area contributed by atoms with Gasteiger partial charge in [0, 0.05) is 19.6 Å². The van der Waals surface area contributed by atoms with Crippen molar-refractivity contribution in [2.45, 2.75) is 60.0 Å². The SMILES string of the molecule is CCCN(CCC)C(=O)Cn1c(=O)n(CCC(C)C)c(=O)c2ccccc21. The summed E-state index contributed by atoms with van der Waals surface area (Å²) in [6.45, 7) is 9.85. The Morgan fingerprint density at radius 2 is 1.67 bits per heavy atom. The van der Waals surface area contributed by atoms with E-state index in [1.54, 1.807) is 29.2 Å². The van der Waals surface area contributed by atoms with E-state index in [1.807, 2.05) is 13.8 Å². The van der Waals surface area contributed by atoms with Crippen LogP contribution in [0.5, 0.6) is 0 Å². The second-order valence-electron chi connectivity index (χ2n) is 7.41. The van der Waals surface area contributed by atoms with E-state index in [4.69, 9.17) is 0 Å². The molecule has 2 rings (SSSR count). The number of hydrogen-bond acceptors (Lipinski definition) is 3. The molecule has 6 heteroatoms. The zero-order chi connectivity index (χ0) is 20.0. The van der Waals surface area contributed by atoms with E-state index in [9.17, 15) is 14.4 Å². The van der Waals surface area contributed by atoms with Gasteiger partial charge in [-0.15, -0.1) is 0 Å². The van der Waals surface area contributed by atoms with Crippen LogP contribution in [0, 0.1) is 5.92 Å². The molecule has 148 valence electrons. The van der Waals surface area contributed by atoms with Crippen LogP contribution >= 0.6 is 0 Å². The van der Waals surface area contributed by atoms with Gasteiger partial charge < -0.3 is 4.90 Å². The van der Waals surface area contributed by atoms with Gasteiger partial charge in [0.15, 0.2) is 0 Å². The molecule has 1 amide bonds. The van der Waals surface area contributed by atoms with Crippen molar-refractivity contribution in [3.63, 3.8) is 0 Å². The Morgan fingerprint density at radius 1 is 1.04 bits per heavy atom. The van der Waals surface area contributed by atoms with E-state index in [0.717, 1.165) is 19.3 Å². The quantitative estimate of drug-likeness (QED) is 0.679. The van der Waals surface area contributed by atoms with Crippen molar-refractivity contribution in [3.8, 4) is 0 Å². The molecule has 0 bridgehead atoms. The van der Waals surface area contributed by atoms with Gasteiger partial charge in [-0.3, -0.25) is 18.7 Å². The fourth-order valence-electron chi connectivity index (χ4n) is 3.24. The predicted octanol–water partition coefficient (Wildman–Crippen LogP) is 2.86. The van der Waals surface area contributed by atoms with Gasteiger partial charge in [-0.1, -0.05) is 39.8 Å². The second kappa shape index (κ2) is 9.53. The zero-order valence-corrected chi connectivity index (χ0v) is 16.9. The predicted molar refractivity (Wildman–Crippen MR) is 109 cm³/mol. The Kier molecular flexibility index (Phi) is 7.39. The average Bonchev–Trinajstić information content (AvgIpc) is 2.64. The van der Waals surface area contributed by atoms with E-state index in [0.29, 0.717) is 36.5 Å². The molecule has 0 fully saturated rings. The van der Waals surface area contributed by atoms with Crippen molar-refractivity contribution in [2.24, 2.45) is 5.92 Å². The molecule has 1 aromatic carbocycles. The number of hydrogen-bond donors (Lipinski definition) is 0. The first-order chi connectivity index (χ1) is 12.9. The minimum absolute atomic E-state index is 0.0404. The molecule has 0 spiro atoms. The van der Waals surface area contributed by atoms with Gasteiger partial charge in [0.2, 0.25) is 5.91 Å². The normalized spacial score (nSPS) is 11.3. The highest BCUT2D eigenvalue weighted by atomic mass is 16.2. The number of aromatic nitrogens is 2. The number of benzene rings is 1. The summed E-state index contributed by atoms with van der Waals surface area (Å²) in [6, 6.07) is 7.03. The van der Waals surface area contributed by atoms with Crippen molar-refractivity contribution in [1.82, 2.24) is 14.0 Å². The topological polar surface area (TPSA) is 64.3 Å². The highest BCUT2D eigenvalue weighted by Crippen LogP contribution is 2.09. The summed E-state index contributed by atoms with van der Waals surface area (Å²) >= 11 is 0. The Hall–Kier alpha value is -2.37. The van der Waals surface area contributed by atoms with Gasteiger partial charge in [0.05, 0.1) is 10.9 Å².